The molecule has 1 aromatic carbocycles. The molecule has 5 heteroatoms. The fourth-order valence-electron chi connectivity index (χ4n) is 2.36. The summed E-state index contributed by atoms with van der Waals surface area (Å²) in [5.41, 5.74) is 2.42. The molecule has 1 unspecified atom stereocenters. The fourth-order valence-corrected chi connectivity index (χ4v) is 2.62. The average Bonchev–Trinajstić information content (AvgIpc) is 2.84. The Balaban J connectivity index is 2.02. The zero-order valence-corrected chi connectivity index (χ0v) is 14.5. The minimum Gasteiger partial charge on any atom is -0.314 e. The maximum Gasteiger partial charge on any atom is 0.0830 e. The molecule has 1 atom stereocenters. The molecule has 0 bridgehead atoms. The van der Waals surface area contributed by atoms with E-state index in [0.717, 1.165) is 29.6 Å². The van der Waals surface area contributed by atoms with Crippen molar-refractivity contribution in [1.29, 1.82) is 0 Å². The van der Waals surface area contributed by atoms with Crippen molar-refractivity contribution in [3.8, 4) is 0 Å². The second-order valence-electron chi connectivity index (χ2n) is 5.85. The Morgan fingerprint density at radius 1 is 1.19 bits per heavy atom. The molecule has 0 radical (unpaired) electrons. The van der Waals surface area contributed by atoms with Gasteiger partial charge >= 0.3 is 0 Å². The first kappa shape index (κ1) is 16.2. The Morgan fingerprint density at radius 3 is 2.48 bits per heavy atom. The summed E-state index contributed by atoms with van der Waals surface area (Å²) in [6, 6.07) is 9.07. The second-order valence-corrected chi connectivity index (χ2v) is 6.76. The quantitative estimate of drug-likeness (QED) is 0.834. The van der Waals surface area contributed by atoms with Gasteiger partial charge in [0.2, 0.25) is 0 Å². The van der Waals surface area contributed by atoms with E-state index < -0.39 is 0 Å². The highest BCUT2D eigenvalue weighted by Gasteiger charge is 2.13. The molecule has 0 aliphatic rings. The highest BCUT2D eigenvalue weighted by atomic mass is 79.9. The van der Waals surface area contributed by atoms with Gasteiger partial charge in [0.15, 0.2) is 0 Å². The van der Waals surface area contributed by atoms with Gasteiger partial charge in [-0.15, -0.1) is 5.10 Å². The maximum atomic E-state index is 4.22. The van der Waals surface area contributed by atoms with E-state index in [1.54, 1.807) is 4.68 Å². The van der Waals surface area contributed by atoms with Crippen LogP contribution in [0.3, 0.4) is 0 Å². The molecule has 1 heterocycles. The van der Waals surface area contributed by atoms with E-state index >= 15 is 0 Å². The molecular formula is C16H23BrN4. The van der Waals surface area contributed by atoms with Crippen LogP contribution in [0.5, 0.6) is 0 Å². The predicted octanol–water partition coefficient (Wildman–Crippen LogP) is 2.98. The Hall–Kier alpha value is -1.20. The van der Waals surface area contributed by atoms with E-state index in [0.29, 0.717) is 12.0 Å². The van der Waals surface area contributed by atoms with Crippen LogP contribution in [0.2, 0.25) is 0 Å². The highest BCUT2D eigenvalue weighted by molar-refractivity contribution is 9.10. The van der Waals surface area contributed by atoms with Crippen molar-refractivity contribution in [3.05, 3.63) is 46.2 Å². The summed E-state index contributed by atoms with van der Waals surface area (Å²) in [4.78, 5) is 0. The van der Waals surface area contributed by atoms with Gasteiger partial charge in [-0.05, 0) is 43.0 Å². The van der Waals surface area contributed by atoms with Gasteiger partial charge < -0.3 is 5.32 Å². The summed E-state index contributed by atoms with van der Waals surface area (Å²) in [7, 11) is 1.91. The topological polar surface area (TPSA) is 42.7 Å². The number of aryl methyl sites for hydroxylation is 1. The van der Waals surface area contributed by atoms with E-state index in [4.69, 9.17) is 0 Å². The zero-order chi connectivity index (χ0) is 15.2. The number of benzene rings is 1. The molecule has 0 amide bonds. The normalized spacial score (nSPS) is 12.8. The average molecular weight is 351 g/mol. The van der Waals surface area contributed by atoms with Crippen molar-refractivity contribution in [2.24, 2.45) is 13.0 Å². The second kappa shape index (κ2) is 7.71. The van der Waals surface area contributed by atoms with E-state index in [2.05, 4.69) is 69.7 Å². The van der Waals surface area contributed by atoms with E-state index in [1.165, 1.54) is 5.56 Å². The van der Waals surface area contributed by atoms with Crippen LogP contribution in [0.1, 0.15) is 25.1 Å². The van der Waals surface area contributed by atoms with Gasteiger partial charge in [0.1, 0.15) is 0 Å². The molecule has 2 rings (SSSR count). The van der Waals surface area contributed by atoms with Crippen molar-refractivity contribution < 1.29 is 0 Å². The number of rotatable bonds is 7. The molecule has 0 saturated carbocycles. The summed E-state index contributed by atoms with van der Waals surface area (Å²) in [5, 5.41) is 11.8. The smallest absolute Gasteiger partial charge is 0.0830 e. The molecule has 0 spiro atoms. The summed E-state index contributed by atoms with van der Waals surface area (Å²) in [6.07, 6.45) is 4.00. The Labute approximate surface area is 135 Å². The first-order valence-electron chi connectivity index (χ1n) is 7.36. The van der Waals surface area contributed by atoms with E-state index in [9.17, 15) is 0 Å². The third-order valence-electron chi connectivity index (χ3n) is 3.40. The standard InChI is InChI=1S/C16H23BrN4/c1-12(2)18-10-14(9-16-11-21(3)20-19-16)8-13-4-6-15(17)7-5-13/h4-7,11-12,14,18H,8-10H2,1-3H3. The van der Waals surface area contributed by atoms with Gasteiger partial charge in [0.25, 0.3) is 0 Å². The van der Waals surface area contributed by atoms with Crippen LogP contribution in [0.15, 0.2) is 34.9 Å². The van der Waals surface area contributed by atoms with Crippen LogP contribution in [0, 0.1) is 5.92 Å². The zero-order valence-electron chi connectivity index (χ0n) is 12.9. The van der Waals surface area contributed by atoms with Gasteiger partial charge in [0.05, 0.1) is 5.69 Å². The first-order valence-corrected chi connectivity index (χ1v) is 8.15. The number of hydrogen-bond acceptors (Lipinski definition) is 3. The lowest BCUT2D eigenvalue weighted by Crippen LogP contribution is -2.31. The van der Waals surface area contributed by atoms with Crippen molar-refractivity contribution in [2.45, 2.75) is 32.7 Å². The molecule has 0 aliphatic carbocycles. The van der Waals surface area contributed by atoms with Gasteiger partial charge in [-0.1, -0.05) is 47.1 Å². The highest BCUT2D eigenvalue weighted by Crippen LogP contribution is 2.16. The molecule has 2 aromatic rings. The van der Waals surface area contributed by atoms with Gasteiger partial charge in [-0.25, -0.2) is 0 Å². The van der Waals surface area contributed by atoms with Crippen LogP contribution in [0.25, 0.3) is 0 Å². The third kappa shape index (κ3) is 5.59. The number of nitrogens with one attached hydrogen (secondary N) is 1. The number of halogens is 1. The van der Waals surface area contributed by atoms with Crippen LogP contribution in [-0.2, 0) is 19.9 Å². The first-order chi connectivity index (χ1) is 10.0. The van der Waals surface area contributed by atoms with Gasteiger partial charge in [-0.3, -0.25) is 4.68 Å². The summed E-state index contributed by atoms with van der Waals surface area (Å²) >= 11 is 3.48. The molecule has 21 heavy (non-hydrogen) atoms. The number of nitrogens with zero attached hydrogens (tertiary/aromatic N) is 3. The van der Waals surface area contributed by atoms with E-state index in [1.807, 2.05) is 13.2 Å². The van der Waals surface area contributed by atoms with Crippen molar-refractivity contribution in [2.75, 3.05) is 6.54 Å². The molecule has 0 saturated heterocycles. The van der Waals surface area contributed by atoms with E-state index in [-0.39, 0.29) is 0 Å². The summed E-state index contributed by atoms with van der Waals surface area (Å²) in [6.45, 7) is 5.35. The maximum absolute atomic E-state index is 4.22. The fraction of sp³-hybridized carbons (Fsp3) is 0.500. The van der Waals surface area contributed by atoms with Crippen LogP contribution >= 0.6 is 15.9 Å². The number of hydrogen-bond donors (Lipinski definition) is 1. The molecule has 0 aliphatic heterocycles. The minimum atomic E-state index is 0.499. The lowest BCUT2D eigenvalue weighted by molar-refractivity contribution is 0.441. The van der Waals surface area contributed by atoms with Crippen molar-refractivity contribution in [1.82, 2.24) is 20.3 Å². The van der Waals surface area contributed by atoms with Crippen molar-refractivity contribution in [3.63, 3.8) is 0 Å². The Kier molecular flexibility index (Phi) is 5.94. The predicted molar refractivity (Wildman–Crippen MR) is 89.2 cm³/mol. The molecule has 4 nitrogen and oxygen atoms in total. The number of aromatic nitrogens is 3. The van der Waals surface area contributed by atoms with Crippen LogP contribution in [-0.4, -0.2) is 27.6 Å². The molecule has 1 N–H and O–H groups in total. The molecule has 0 fully saturated rings. The summed E-state index contributed by atoms with van der Waals surface area (Å²) in [5.74, 6) is 0.519. The molecule has 114 valence electrons. The van der Waals surface area contributed by atoms with Crippen molar-refractivity contribution >= 4 is 15.9 Å². The lowest BCUT2D eigenvalue weighted by atomic mass is 9.94. The molecule has 1 aromatic heterocycles. The lowest BCUT2D eigenvalue weighted by Gasteiger charge is -2.18. The van der Waals surface area contributed by atoms with Gasteiger partial charge in [0, 0.05) is 23.8 Å². The van der Waals surface area contributed by atoms with Crippen LogP contribution in [0.4, 0.5) is 0 Å². The third-order valence-corrected chi connectivity index (χ3v) is 3.93. The van der Waals surface area contributed by atoms with Crippen LogP contribution < -0.4 is 5.32 Å². The monoisotopic (exact) mass is 350 g/mol. The Morgan fingerprint density at radius 2 is 1.90 bits per heavy atom. The van der Waals surface area contributed by atoms with Gasteiger partial charge in [-0.2, -0.15) is 0 Å². The SMILES string of the molecule is CC(C)NCC(Cc1ccc(Br)cc1)Cc1cn(C)nn1. The largest absolute Gasteiger partial charge is 0.314 e. The Bertz CT molecular complexity index is 548. The minimum absolute atomic E-state index is 0.499. The molecular weight excluding hydrogens is 328 g/mol. The summed E-state index contributed by atoms with van der Waals surface area (Å²) < 4.78 is 2.89.